The molecule has 62 valence electrons. The van der Waals surface area contributed by atoms with Crippen LogP contribution in [0.15, 0.2) is 35.5 Å². The highest BCUT2D eigenvalue weighted by Gasteiger charge is 1.96. The fourth-order valence-electron chi connectivity index (χ4n) is 1.11. The molecule has 13 heavy (non-hydrogen) atoms. The van der Waals surface area contributed by atoms with Crippen LogP contribution < -0.4 is 5.56 Å². The summed E-state index contributed by atoms with van der Waals surface area (Å²) in [6.45, 7) is 0. The van der Waals surface area contributed by atoms with Crippen LogP contribution in [0.2, 0.25) is 0 Å². The number of fused-ring (bicyclic) bond motifs is 1. The minimum atomic E-state index is -0.227. The number of nitriles is 1. The van der Waals surface area contributed by atoms with Gasteiger partial charge < -0.3 is 0 Å². The van der Waals surface area contributed by atoms with Gasteiger partial charge in [0.15, 0.2) is 0 Å². The molecule has 0 aliphatic heterocycles. The van der Waals surface area contributed by atoms with Crippen LogP contribution >= 0.6 is 0 Å². The molecule has 0 N–H and O–H groups in total. The normalized spacial score (nSPS) is 9.77. The summed E-state index contributed by atoms with van der Waals surface area (Å²) in [7, 11) is 0. The lowest BCUT2D eigenvalue weighted by atomic mass is 10.3. The molecule has 0 bridgehead atoms. The fraction of sp³-hybridized carbons (Fsp3) is 0. The van der Waals surface area contributed by atoms with Crippen molar-refractivity contribution in [2.45, 2.75) is 0 Å². The van der Waals surface area contributed by atoms with Crippen LogP contribution in [0.3, 0.4) is 0 Å². The highest BCUT2D eigenvalue weighted by Crippen LogP contribution is 2.00. The van der Waals surface area contributed by atoms with Crippen molar-refractivity contribution >= 4 is 5.52 Å². The second-order valence-corrected chi connectivity index (χ2v) is 2.57. The Morgan fingerprint density at radius 2 is 2.23 bits per heavy atom. The van der Waals surface area contributed by atoms with E-state index in [0.29, 0.717) is 11.1 Å². The average Bonchev–Trinajstić information content (AvgIpc) is 2.18. The Hall–Kier alpha value is -2.15. The lowest BCUT2D eigenvalue weighted by molar-refractivity contribution is 1.05. The first kappa shape index (κ1) is 7.50. The predicted octanol–water partition coefficient (Wildman–Crippen LogP) is 0.566. The van der Waals surface area contributed by atoms with E-state index in [1.54, 1.807) is 18.3 Å². The van der Waals surface area contributed by atoms with Gasteiger partial charge in [-0.05, 0) is 12.1 Å². The van der Waals surface area contributed by atoms with Gasteiger partial charge in [-0.2, -0.15) is 5.26 Å². The van der Waals surface area contributed by atoms with Crippen LogP contribution in [0, 0.1) is 11.3 Å². The third-order valence-electron chi connectivity index (χ3n) is 1.74. The highest BCUT2D eigenvalue weighted by atomic mass is 16.1. The lowest BCUT2D eigenvalue weighted by Gasteiger charge is -1.97. The zero-order valence-electron chi connectivity index (χ0n) is 6.64. The number of nitrogens with zero attached hydrogens (tertiary/aromatic N) is 3. The molecule has 0 atom stereocenters. The molecule has 4 heteroatoms. The molecule has 0 saturated heterocycles. The second-order valence-electron chi connectivity index (χ2n) is 2.57. The van der Waals surface area contributed by atoms with E-state index in [2.05, 4.69) is 4.98 Å². The molecule has 2 heterocycles. The van der Waals surface area contributed by atoms with Crippen LogP contribution in [0.4, 0.5) is 0 Å². The summed E-state index contributed by atoms with van der Waals surface area (Å²) in [5.41, 5.74) is 0.918. The summed E-state index contributed by atoms with van der Waals surface area (Å²) >= 11 is 0. The largest absolute Gasteiger partial charge is 0.280 e. The Morgan fingerprint density at radius 1 is 1.38 bits per heavy atom. The van der Waals surface area contributed by atoms with E-state index in [9.17, 15) is 4.79 Å². The van der Waals surface area contributed by atoms with Gasteiger partial charge in [-0.15, -0.1) is 0 Å². The molecule has 0 radical (unpaired) electrons. The van der Waals surface area contributed by atoms with Gasteiger partial charge in [-0.25, -0.2) is 0 Å². The Balaban J connectivity index is 2.92. The molecular formula is C9H5N3O. The zero-order valence-corrected chi connectivity index (χ0v) is 6.64. The standard InChI is InChI=1S/C9H5N3O/c10-3-7-1-2-8-4-11-5-9(13)12(8)6-7/h1-2,4-6H. The molecule has 0 aliphatic rings. The van der Waals surface area contributed by atoms with Crippen LogP contribution in [0.1, 0.15) is 5.56 Å². The van der Waals surface area contributed by atoms with Gasteiger partial charge in [0.25, 0.3) is 5.56 Å². The van der Waals surface area contributed by atoms with Gasteiger partial charge in [0.1, 0.15) is 6.07 Å². The summed E-state index contributed by atoms with van der Waals surface area (Å²) in [4.78, 5) is 15.0. The van der Waals surface area contributed by atoms with Crippen molar-refractivity contribution in [2.75, 3.05) is 0 Å². The van der Waals surface area contributed by atoms with Crippen molar-refractivity contribution in [1.29, 1.82) is 5.26 Å². The smallest absolute Gasteiger partial charge is 0.273 e. The minimum absolute atomic E-state index is 0.227. The Kier molecular flexibility index (Phi) is 1.57. The number of rotatable bonds is 0. The Morgan fingerprint density at radius 3 is 3.00 bits per heavy atom. The minimum Gasteiger partial charge on any atom is -0.280 e. The third-order valence-corrected chi connectivity index (χ3v) is 1.74. The van der Waals surface area contributed by atoms with Crippen molar-refractivity contribution in [3.05, 3.63) is 46.6 Å². The fourth-order valence-corrected chi connectivity index (χ4v) is 1.11. The van der Waals surface area contributed by atoms with E-state index in [1.165, 1.54) is 16.8 Å². The summed E-state index contributed by atoms with van der Waals surface area (Å²) < 4.78 is 1.39. The van der Waals surface area contributed by atoms with Crippen molar-refractivity contribution in [3.63, 3.8) is 0 Å². The van der Waals surface area contributed by atoms with Crippen LogP contribution in [-0.4, -0.2) is 9.38 Å². The maximum Gasteiger partial charge on any atom is 0.273 e. The van der Waals surface area contributed by atoms with E-state index in [-0.39, 0.29) is 5.56 Å². The van der Waals surface area contributed by atoms with Crippen LogP contribution in [-0.2, 0) is 0 Å². The van der Waals surface area contributed by atoms with Gasteiger partial charge in [0, 0.05) is 6.20 Å². The molecule has 0 amide bonds. The maximum atomic E-state index is 11.2. The van der Waals surface area contributed by atoms with E-state index >= 15 is 0 Å². The van der Waals surface area contributed by atoms with Crippen molar-refractivity contribution < 1.29 is 0 Å². The predicted molar refractivity (Wildman–Crippen MR) is 46.2 cm³/mol. The van der Waals surface area contributed by atoms with Crippen molar-refractivity contribution in [3.8, 4) is 6.07 Å². The molecule has 2 aromatic rings. The van der Waals surface area contributed by atoms with Gasteiger partial charge in [0.05, 0.1) is 23.5 Å². The van der Waals surface area contributed by atoms with E-state index in [4.69, 9.17) is 5.26 Å². The molecule has 0 saturated carbocycles. The summed E-state index contributed by atoms with van der Waals surface area (Å²) in [6, 6.07) is 5.30. The topological polar surface area (TPSA) is 58.2 Å². The first-order chi connectivity index (χ1) is 6.31. The quantitative estimate of drug-likeness (QED) is 0.582. The van der Waals surface area contributed by atoms with E-state index in [1.807, 2.05) is 6.07 Å². The van der Waals surface area contributed by atoms with Gasteiger partial charge >= 0.3 is 0 Å². The van der Waals surface area contributed by atoms with Crippen LogP contribution in [0.5, 0.6) is 0 Å². The average molecular weight is 171 g/mol. The SMILES string of the molecule is N#Cc1ccc2cncc(=O)n2c1. The Bertz CT molecular complexity index is 551. The lowest BCUT2D eigenvalue weighted by Crippen LogP contribution is -2.12. The summed E-state index contributed by atoms with van der Waals surface area (Å²) in [5, 5.41) is 8.61. The molecule has 0 aromatic carbocycles. The molecule has 0 aliphatic carbocycles. The molecule has 0 unspecified atom stereocenters. The number of hydrogen-bond donors (Lipinski definition) is 0. The number of pyridine rings is 1. The highest BCUT2D eigenvalue weighted by molar-refractivity contribution is 5.46. The zero-order chi connectivity index (χ0) is 9.26. The van der Waals surface area contributed by atoms with E-state index < -0.39 is 0 Å². The third kappa shape index (κ3) is 1.16. The summed E-state index contributed by atoms with van der Waals surface area (Å²) in [6.07, 6.45) is 4.29. The van der Waals surface area contributed by atoms with Crippen molar-refractivity contribution in [1.82, 2.24) is 9.38 Å². The molecule has 0 fully saturated rings. The monoisotopic (exact) mass is 171 g/mol. The Labute approximate surface area is 73.7 Å². The van der Waals surface area contributed by atoms with Crippen LogP contribution in [0.25, 0.3) is 5.52 Å². The van der Waals surface area contributed by atoms with Gasteiger partial charge in [0.2, 0.25) is 0 Å². The van der Waals surface area contributed by atoms with Gasteiger partial charge in [-0.3, -0.25) is 14.2 Å². The van der Waals surface area contributed by atoms with Crippen molar-refractivity contribution in [2.24, 2.45) is 0 Å². The molecule has 2 aromatic heterocycles. The van der Waals surface area contributed by atoms with E-state index in [0.717, 1.165) is 0 Å². The number of hydrogen-bond acceptors (Lipinski definition) is 3. The number of aromatic nitrogens is 2. The first-order valence-corrected chi connectivity index (χ1v) is 3.68. The molecule has 4 nitrogen and oxygen atoms in total. The molecular weight excluding hydrogens is 166 g/mol. The summed E-state index contributed by atoms with van der Waals surface area (Å²) in [5.74, 6) is 0. The first-order valence-electron chi connectivity index (χ1n) is 3.68. The maximum absolute atomic E-state index is 11.2. The second kappa shape index (κ2) is 2.72. The molecule has 2 rings (SSSR count). The molecule has 0 spiro atoms. The van der Waals surface area contributed by atoms with Gasteiger partial charge in [-0.1, -0.05) is 0 Å².